The maximum Gasteiger partial charge on any atom is 0.270 e. The summed E-state index contributed by atoms with van der Waals surface area (Å²) in [5.41, 5.74) is 2.92. The number of β-amino-alcohol motifs (C(OH)–C–C–N with tert-alkyl or cyclic N) is 1. The number of aliphatic hydroxyl groups is 2. The number of nitrogens with one attached hydrogen (secondary N) is 2. The number of hydrogen-bond donors (Lipinski definition) is 4. The zero-order valence-electron chi connectivity index (χ0n) is 16.3. The largest absolute Gasteiger partial charge is 0.393 e. The smallest absolute Gasteiger partial charge is 0.270 e. The minimum atomic E-state index is -0.653. The number of benzene rings is 1. The third kappa shape index (κ3) is 5.09. The molecule has 29 heavy (non-hydrogen) atoms. The van der Waals surface area contributed by atoms with Crippen LogP contribution >= 0.6 is 0 Å². The molecule has 1 aliphatic heterocycles. The monoisotopic (exact) mass is 397 g/mol. The summed E-state index contributed by atoms with van der Waals surface area (Å²) in [6.45, 7) is 2.39. The van der Waals surface area contributed by atoms with E-state index in [9.17, 15) is 15.0 Å². The van der Waals surface area contributed by atoms with Gasteiger partial charge in [-0.3, -0.25) is 9.69 Å². The Morgan fingerprint density at radius 1 is 1.24 bits per heavy atom. The number of anilines is 1. The van der Waals surface area contributed by atoms with Gasteiger partial charge in [-0.1, -0.05) is 24.3 Å². The van der Waals surface area contributed by atoms with E-state index >= 15 is 0 Å². The maximum absolute atomic E-state index is 12.4. The molecule has 0 unspecified atom stereocenters. The Labute approximate surface area is 170 Å². The number of aromatic nitrogens is 2. The van der Waals surface area contributed by atoms with Crippen LogP contribution in [0.3, 0.4) is 0 Å². The van der Waals surface area contributed by atoms with Gasteiger partial charge in [0.05, 0.1) is 12.2 Å². The standard InChI is InChI=1S/C21H27N5O3/c27-17-7-16(8-17)25-20-9-19(23-13-24-20)21(29)22-10-18(28)12-26-6-5-14-3-1-2-4-15(14)11-26/h1-4,9,13,16-18,27-28H,5-8,10-12H2,(H,22,29)(H,23,24,25)/t16?,17?,18-/m0/s1. The van der Waals surface area contributed by atoms with Crippen molar-refractivity contribution in [1.82, 2.24) is 20.2 Å². The summed E-state index contributed by atoms with van der Waals surface area (Å²) in [6, 6.07) is 10.1. The summed E-state index contributed by atoms with van der Waals surface area (Å²) in [5, 5.41) is 25.7. The minimum Gasteiger partial charge on any atom is -0.393 e. The van der Waals surface area contributed by atoms with Gasteiger partial charge >= 0.3 is 0 Å². The van der Waals surface area contributed by atoms with E-state index in [0.29, 0.717) is 25.2 Å². The van der Waals surface area contributed by atoms with Gasteiger partial charge in [0, 0.05) is 38.3 Å². The van der Waals surface area contributed by atoms with E-state index in [0.717, 1.165) is 19.5 Å². The molecule has 2 heterocycles. The lowest BCUT2D eigenvalue weighted by molar-refractivity contribution is 0.0829. The molecule has 1 fully saturated rings. The number of fused-ring (bicyclic) bond motifs is 1. The Hall–Kier alpha value is -2.55. The highest BCUT2D eigenvalue weighted by Gasteiger charge is 2.27. The molecule has 0 bridgehead atoms. The maximum atomic E-state index is 12.4. The first-order chi connectivity index (χ1) is 14.1. The average Bonchev–Trinajstić information content (AvgIpc) is 2.71. The molecule has 1 aromatic carbocycles. The van der Waals surface area contributed by atoms with Crippen LogP contribution in [0.1, 0.15) is 34.5 Å². The van der Waals surface area contributed by atoms with Gasteiger partial charge < -0.3 is 20.8 Å². The molecule has 1 amide bonds. The van der Waals surface area contributed by atoms with Crippen molar-refractivity contribution in [3.8, 4) is 0 Å². The van der Waals surface area contributed by atoms with Crippen molar-refractivity contribution in [3.63, 3.8) is 0 Å². The van der Waals surface area contributed by atoms with Crippen LogP contribution in [-0.4, -0.2) is 68.9 Å². The molecule has 8 heteroatoms. The van der Waals surface area contributed by atoms with Crippen molar-refractivity contribution in [2.24, 2.45) is 0 Å². The molecule has 2 aromatic rings. The number of aliphatic hydroxyl groups excluding tert-OH is 2. The lowest BCUT2D eigenvalue weighted by Crippen LogP contribution is -2.42. The Kier molecular flexibility index (Phi) is 6.03. The molecule has 4 rings (SSSR count). The SMILES string of the molecule is O=C(NC[C@H](O)CN1CCc2ccccc2C1)c1cc(NC2CC(O)C2)ncn1. The second kappa shape index (κ2) is 8.86. The lowest BCUT2D eigenvalue weighted by atomic mass is 9.89. The summed E-state index contributed by atoms with van der Waals surface area (Å²) in [5.74, 6) is 0.224. The van der Waals surface area contributed by atoms with Crippen LogP contribution in [-0.2, 0) is 13.0 Å². The molecule has 154 valence electrons. The molecule has 8 nitrogen and oxygen atoms in total. The number of hydrogen-bond acceptors (Lipinski definition) is 7. The predicted octanol–water partition coefficient (Wildman–Crippen LogP) is 0.561. The highest BCUT2D eigenvalue weighted by atomic mass is 16.3. The first-order valence-corrected chi connectivity index (χ1v) is 10.1. The molecule has 4 N–H and O–H groups in total. The highest BCUT2D eigenvalue weighted by molar-refractivity contribution is 5.92. The zero-order chi connectivity index (χ0) is 20.2. The van der Waals surface area contributed by atoms with E-state index in [1.165, 1.54) is 17.5 Å². The quantitative estimate of drug-likeness (QED) is 0.540. The first kappa shape index (κ1) is 19.8. The number of rotatable bonds is 7. The number of amides is 1. The van der Waals surface area contributed by atoms with Crippen molar-refractivity contribution in [3.05, 3.63) is 53.5 Å². The molecule has 1 saturated carbocycles. The van der Waals surface area contributed by atoms with Crippen LogP contribution < -0.4 is 10.6 Å². The summed E-state index contributed by atoms with van der Waals surface area (Å²) in [4.78, 5) is 22.7. The first-order valence-electron chi connectivity index (χ1n) is 10.1. The van der Waals surface area contributed by atoms with E-state index in [2.05, 4.69) is 43.7 Å². The van der Waals surface area contributed by atoms with E-state index in [4.69, 9.17) is 0 Å². The van der Waals surface area contributed by atoms with E-state index < -0.39 is 6.10 Å². The zero-order valence-corrected chi connectivity index (χ0v) is 16.3. The molecule has 0 radical (unpaired) electrons. The molecule has 1 aromatic heterocycles. The number of carbonyl (C=O) groups is 1. The molecule has 1 aliphatic carbocycles. The van der Waals surface area contributed by atoms with Crippen molar-refractivity contribution in [2.45, 2.75) is 44.1 Å². The summed E-state index contributed by atoms with van der Waals surface area (Å²) < 4.78 is 0. The van der Waals surface area contributed by atoms with Crippen LogP contribution in [0.25, 0.3) is 0 Å². The Morgan fingerprint density at radius 2 is 2.03 bits per heavy atom. The predicted molar refractivity (Wildman–Crippen MR) is 108 cm³/mol. The Bertz CT molecular complexity index is 856. The van der Waals surface area contributed by atoms with Gasteiger partial charge in [0.1, 0.15) is 17.8 Å². The molecule has 1 atom stereocenters. The number of carbonyl (C=O) groups excluding carboxylic acids is 1. The van der Waals surface area contributed by atoms with Gasteiger partial charge in [-0.05, 0) is 30.4 Å². The normalized spacial score (nSPS) is 22.3. The summed E-state index contributed by atoms with van der Waals surface area (Å²) in [6.07, 6.45) is 2.77. The van der Waals surface area contributed by atoms with Crippen LogP contribution in [0.15, 0.2) is 36.7 Å². The fourth-order valence-electron chi connectivity index (χ4n) is 3.85. The van der Waals surface area contributed by atoms with Gasteiger partial charge in [-0.25, -0.2) is 9.97 Å². The van der Waals surface area contributed by atoms with Crippen molar-refractivity contribution in [2.75, 3.05) is 25.0 Å². The highest BCUT2D eigenvalue weighted by Crippen LogP contribution is 2.23. The topological polar surface area (TPSA) is 111 Å². The number of nitrogens with zero attached hydrogens (tertiary/aromatic N) is 3. The van der Waals surface area contributed by atoms with E-state index in [1.54, 1.807) is 6.07 Å². The second-order valence-corrected chi connectivity index (χ2v) is 7.87. The molecular weight excluding hydrogens is 370 g/mol. The van der Waals surface area contributed by atoms with E-state index in [1.807, 2.05) is 6.07 Å². The summed E-state index contributed by atoms with van der Waals surface area (Å²) in [7, 11) is 0. The Morgan fingerprint density at radius 3 is 2.83 bits per heavy atom. The molecule has 0 spiro atoms. The van der Waals surface area contributed by atoms with Gasteiger partial charge in [0.25, 0.3) is 5.91 Å². The second-order valence-electron chi connectivity index (χ2n) is 7.87. The van der Waals surface area contributed by atoms with Crippen LogP contribution in [0.2, 0.25) is 0 Å². The fourth-order valence-corrected chi connectivity index (χ4v) is 3.85. The minimum absolute atomic E-state index is 0.165. The third-order valence-corrected chi connectivity index (χ3v) is 5.54. The van der Waals surface area contributed by atoms with Crippen LogP contribution in [0.4, 0.5) is 5.82 Å². The summed E-state index contributed by atoms with van der Waals surface area (Å²) >= 11 is 0. The van der Waals surface area contributed by atoms with Crippen LogP contribution in [0, 0.1) is 0 Å². The molecule has 2 aliphatic rings. The van der Waals surface area contributed by atoms with Crippen molar-refractivity contribution in [1.29, 1.82) is 0 Å². The van der Waals surface area contributed by atoms with Crippen LogP contribution in [0.5, 0.6) is 0 Å². The molecular formula is C21H27N5O3. The van der Waals surface area contributed by atoms with E-state index in [-0.39, 0.29) is 30.3 Å². The van der Waals surface area contributed by atoms with Gasteiger partial charge in [0.2, 0.25) is 0 Å². The molecule has 0 saturated heterocycles. The fraction of sp³-hybridized carbons (Fsp3) is 0.476. The lowest BCUT2D eigenvalue weighted by Gasteiger charge is -2.32. The van der Waals surface area contributed by atoms with Crippen molar-refractivity contribution < 1.29 is 15.0 Å². The average molecular weight is 397 g/mol. The Balaban J connectivity index is 1.24. The van der Waals surface area contributed by atoms with Gasteiger partial charge in [-0.15, -0.1) is 0 Å². The van der Waals surface area contributed by atoms with Gasteiger partial charge in [-0.2, -0.15) is 0 Å². The van der Waals surface area contributed by atoms with Crippen molar-refractivity contribution >= 4 is 11.7 Å². The van der Waals surface area contributed by atoms with Gasteiger partial charge in [0.15, 0.2) is 0 Å². The third-order valence-electron chi connectivity index (χ3n) is 5.54.